The van der Waals surface area contributed by atoms with Gasteiger partial charge in [0.15, 0.2) is 0 Å². The lowest BCUT2D eigenvalue weighted by Gasteiger charge is -2.45. The summed E-state index contributed by atoms with van der Waals surface area (Å²) in [4.78, 5) is 16.9. The number of unbranched alkanes of at least 4 members (excludes halogenated alkanes) is 1. The van der Waals surface area contributed by atoms with Gasteiger partial charge in [-0.2, -0.15) is 0 Å². The van der Waals surface area contributed by atoms with Gasteiger partial charge in [0.05, 0.1) is 17.1 Å². The zero-order chi connectivity index (χ0) is 31.5. The van der Waals surface area contributed by atoms with E-state index in [1.54, 1.807) is 5.57 Å². The minimum absolute atomic E-state index is 0.762. The van der Waals surface area contributed by atoms with Gasteiger partial charge in [-0.3, -0.25) is 9.89 Å². The minimum atomic E-state index is 0.762. The third-order valence-electron chi connectivity index (χ3n) is 9.41. The molecule has 3 heterocycles. The summed E-state index contributed by atoms with van der Waals surface area (Å²) in [6, 6.07) is 0. The second-order valence-electron chi connectivity index (χ2n) is 12.6. The van der Waals surface area contributed by atoms with Crippen molar-refractivity contribution in [2.24, 2.45) is 21.8 Å². The number of nitrogens with zero attached hydrogens (tertiary/aromatic N) is 5. The van der Waals surface area contributed by atoms with Gasteiger partial charge in [-0.1, -0.05) is 64.8 Å². The Morgan fingerprint density at radius 2 is 1.81 bits per heavy atom. The van der Waals surface area contributed by atoms with Gasteiger partial charge in [0.1, 0.15) is 5.84 Å². The van der Waals surface area contributed by atoms with Gasteiger partial charge in [0, 0.05) is 44.5 Å². The Morgan fingerprint density at radius 3 is 2.35 bits per heavy atom. The highest BCUT2D eigenvalue weighted by atomic mass is 15.3. The molecule has 1 saturated heterocycles. The quantitative estimate of drug-likeness (QED) is 0.130. The lowest BCUT2D eigenvalue weighted by molar-refractivity contribution is 0.103. The van der Waals surface area contributed by atoms with Gasteiger partial charge < -0.3 is 9.80 Å². The Bertz CT molecular complexity index is 1220. The fraction of sp³-hybridized carbons (Fsp3) is 0.579. The highest BCUT2D eigenvalue weighted by molar-refractivity contribution is 6.12. The van der Waals surface area contributed by atoms with E-state index < -0.39 is 0 Å². The molecular weight excluding hydrogens is 526 g/mol. The molecule has 1 aliphatic carbocycles. The predicted molar refractivity (Wildman–Crippen MR) is 188 cm³/mol. The Labute approximate surface area is 263 Å². The third kappa shape index (κ3) is 9.28. The zero-order valence-corrected chi connectivity index (χ0v) is 28.8. The first-order valence-corrected chi connectivity index (χ1v) is 16.8. The molecule has 0 spiro atoms. The molecule has 43 heavy (non-hydrogen) atoms. The molecule has 0 aromatic rings. The van der Waals surface area contributed by atoms with Crippen LogP contribution in [-0.4, -0.2) is 66.0 Å². The van der Waals surface area contributed by atoms with Crippen LogP contribution in [0.5, 0.6) is 0 Å². The third-order valence-corrected chi connectivity index (χ3v) is 9.41. The van der Waals surface area contributed by atoms with Crippen molar-refractivity contribution in [2.45, 2.75) is 93.9 Å². The summed E-state index contributed by atoms with van der Waals surface area (Å²) in [5, 5.41) is 0. The van der Waals surface area contributed by atoms with Crippen molar-refractivity contribution in [1.82, 2.24) is 14.7 Å². The second-order valence-corrected chi connectivity index (χ2v) is 12.6. The maximum atomic E-state index is 5.00. The van der Waals surface area contributed by atoms with Crippen LogP contribution in [0.4, 0.5) is 0 Å². The number of rotatable bonds is 12. The number of likely N-dealkylation sites (tertiary alicyclic amines) is 1. The molecule has 1 saturated carbocycles. The lowest BCUT2D eigenvalue weighted by atomic mass is 9.88. The van der Waals surface area contributed by atoms with Gasteiger partial charge in [0.25, 0.3) is 0 Å². The Balaban J connectivity index is 0.000000436. The molecule has 4 aliphatic rings. The first-order chi connectivity index (χ1) is 20.6. The van der Waals surface area contributed by atoms with Crippen molar-refractivity contribution in [1.29, 1.82) is 0 Å². The molecule has 4 rings (SSSR count). The fourth-order valence-corrected chi connectivity index (χ4v) is 5.54. The molecule has 0 aromatic heterocycles. The highest BCUT2D eigenvalue weighted by Gasteiger charge is 2.32. The molecule has 5 heteroatoms. The average Bonchev–Trinajstić information content (AvgIpc) is 2.96. The Morgan fingerprint density at radius 1 is 1.12 bits per heavy atom. The van der Waals surface area contributed by atoms with Crippen LogP contribution in [0.2, 0.25) is 0 Å². The maximum absolute atomic E-state index is 5.00. The van der Waals surface area contributed by atoms with Crippen LogP contribution in [0.1, 0.15) is 93.9 Å². The molecule has 1 atom stereocenters. The first-order valence-electron chi connectivity index (χ1n) is 16.8. The van der Waals surface area contributed by atoms with E-state index in [-0.39, 0.29) is 0 Å². The summed E-state index contributed by atoms with van der Waals surface area (Å²) in [5.74, 6) is 2.53. The lowest BCUT2D eigenvalue weighted by Crippen LogP contribution is -2.51. The molecule has 0 N–H and O–H groups in total. The summed E-state index contributed by atoms with van der Waals surface area (Å²) in [6.07, 6.45) is 20.8. The Hall–Kier alpha value is -2.92. The van der Waals surface area contributed by atoms with Crippen LogP contribution in [0.25, 0.3) is 0 Å². The van der Waals surface area contributed by atoms with Crippen molar-refractivity contribution >= 4 is 11.5 Å². The maximum Gasteiger partial charge on any atom is 0.137 e. The number of hydrogen-bond donors (Lipinski definition) is 0. The van der Waals surface area contributed by atoms with Crippen molar-refractivity contribution in [3.63, 3.8) is 0 Å². The fourth-order valence-electron chi connectivity index (χ4n) is 5.54. The number of amidine groups is 1. The van der Waals surface area contributed by atoms with Gasteiger partial charge in [0.2, 0.25) is 0 Å². The molecule has 0 radical (unpaired) electrons. The smallest absolute Gasteiger partial charge is 0.137 e. The van der Waals surface area contributed by atoms with Crippen molar-refractivity contribution < 1.29 is 0 Å². The van der Waals surface area contributed by atoms with E-state index in [4.69, 9.17) is 4.99 Å². The number of hydrogen-bond acceptors (Lipinski definition) is 5. The van der Waals surface area contributed by atoms with E-state index in [1.165, 1.54) is 62.0 Å². The number of aliphatic imine (C=N–C) groups is 2. The molecule has 0 amide bonds. The second kappa shape index (κ2) is 16.8. The standard InChI is InChI=1S/C28H39N5.C10H20/c1-7-31(8-2)16-22-17-32(18-22)24-12-13-28-30-26(25(29-6)14-21(5)20(3)4)15-27(33(28)19-24)23-10-9-11-23;1-5-7-8-10(4)9(3)6-2/h12-15,19,22H,3,7-11,16-18H2,1-2,4-6H3;8-9H,5-7H2,1-4H3/b21-14+,29-25?;10-8-. The average molecular weight is 586 g/mol. The van der Waals surface area contributed by atoms with Gasteiger partial charge in [-0.25, -0.2) is 4.99 Å². The molecular formula is C38H59N5. The van der Waals surface area contributed by atoms with Gasteiger partial charge in [-0.05, 0) is 107 Å². The monoisotopic (exact) mass is 585 g/mol. The summed E-state index contributed by atoms with van der Waals surface area (Å²) in [7, 11) is 1.84. The topological polar surface area (TPSA) is 34.4 Å². The number of fused-ring (bicyclic) bond motifs is 1. The van der Waals surface area contributed by atoms with Crippen molar-refractivity contribution in [2.75, 3.05) is 39.8 Å². The first kappa shape index (κ1) is 34.6. The van der Waals surface area contributed by atoms with E-state index >= 15 is 0 Å². The molecule has 3 aliphatic heterocycles. The summed E-state index contributed by atoms with van der Waals surface area (Å²) < 4.78 is 0. The molecule has 0 aromatic carbocycles. The molecule has 2 fully saturated rings. The molecule has 0 bridgehead atoms. The molecule has 5 nitrogen and oxygen atoms in total. The van der Waals surface area contributed by atoms with Crippen LogP contribution in [-0.2, 0) is 0 Å². The summed E-state index contributed by atoms with van der Waals surface area (Å²) in [5.41, 5.74) is 9.68. The van der Waals surface area contributed by atoms with Crippen molar-refractivity contribution in [3.05, 3.63) is 82.5 Å². The predicted octanol–water partition coefficient (Wildman–Crippen LogP) is 9.08. The van der Waals surface area contributed by atoms with E-state index in [0.717, 1.165) is 66.4 Å². The largest absolute Gasteiger partial charge is 0.370 e. The van der Waals surface area contributed by atoms with E-state index in [9.17, 15) is 0 Å². The summed E-state index contributed by atoms with van der Waals surface area (Å²) >= 11 is 0. The van der Waals surface area contributed by atoms with Crippen molar-refractivity contribution in [3.8, 4) is 0 Å². The van der Waals surface area contributed by atoms with Gasteiger partial charge in [-0.15, -0.1) is 0 Å². The normalized spacial score (nSPS) is 20.0. The van der Waals surface area contributed by atoms with Crippen LogP contribution < -0.4 is 0 Å². The van der Waals surface area contributed by atoms with Crippen LogP contribution in [0.3, 0.4) is 0 Å². The van der Waals surface area contributed by atoms with E-state index in [1.807, 2.05) is 14.0 Å². The zero-order valence-electron chi connectivity index (χ0n) is 28.8. The summed E-state index contributed by atoms with van der Waals surface area (Å²) in [6.45, 7) is 27.4. The number of allylic oxidation sites excluding steroid dienone is 8. The van der Waals surface area contributed by atoms with Gasteiger partial charge >= 0.3 is 0 Å². The van der Waals surface area contributed by atoms with Crippen LogP contribution in [0, 0.1) is 11.8 Å². The minimum Gasteiger partial charge on any atom is -0.370 e. The SMILES string of the molecule is C=C(C)/C(C)=C/C(=NC)C1=CC(=C2CCC2)N2C=C(N3CC(CN(CC)CC)C3)C=CC2=N1.CCC/C=C(/C)C(C)CC. The highest BCUT2D eigenvalue weighted by Crippen LogP contribution is 2.36. The molecule has 1 unspecified atom stereocenters. The van der Waals surface area contributed by atoms with Crippen LogP contribution >= 0.6 is 0 Å². The van der Waals surface area contributed by atoms with Crippen LogP contribution in [0.15, 0.2) is 92.5 Å². The molecule has 236 valence electrons. The van der Waals surface area contributed by atoms with E-state index in [0.29, 0.717) is 0 Å². The Kier molecular flexibility index (Phi) is 13.5. The van der Waals surface area contributed by atoms with E-state index in [2.05, 4.69) is 111 Å².